The van der Waals surface area contributed by atoms with Gasteiger partial charge in [-0.3, -0.25) is 0 Å². The standard InChI is InChI=1S/C16H38OSi2/c1-7-18(8-2,9-3)15-13-17-14-16-19(10-4,11-5)12-6/h7-16H2,1-6H3. The summed E-state index contributed by atoms with van der Waals surface area (Å²) in [6.45, 7) is 16.4. The van der Waals surface area contributed by atoms with Crippen LogP contribution in [0.25, 0.3) is 0 Å². The van der Waals surface area contributed by atoms with Gasteiger partial charge in [0.15, 0.2) is 0 Å². The van der Waals surface area contributed by atoms with Crippen LogP contribution in [0.3, 0.4) is 0 Å². The molecule has 0 aromatic rings. The van der Waals surface area contributed by atoms with Crippen molar-refractivity contribution in [2.45, 2.75) is 89.9 Å². The Labute approximate surface area is 124 Å². The number of hydrogen-bond acceptors (Lipinski definition) is 1. The normalized spacial score (nSPS) is 12.9. The average Bonchev–Trinajstić information content (AvgIpc) is 2.48. The molecule has 0 rings (SSSR count). The molecule has 0 aliphatic heterocycles. The van der Waals surface area contributed by atoms with Crippen molar-refractivity contribution in [1.29, 1.82) is 0 Å². The summed E-state index contributed by atoms with van der Waals surface area (Å²) in [5.41, 5.74) is 0. The van der Waals surface area contributed by atoms with E-state index in [1.54, 1.807) is 0 Å². The summed E-state index contributed by atoms with van der Waals surface area (Å²) >= 11 is 0. The van der Waals surface area contributed by atoms with Crippen LogP contribution in [0.2, 0.25) is 48.4 Å². The summed E-state index contributed by atoms with van der Waals surface area (Å²) in [5, 5.41) is 0. The fourth-order valence-electron chi connectivity index (χ4n) is 3.24. The largest absolute Gasteiger partial charge is 0.382 e. The molecule has 0 aromatic heterocycles. The van der Waals surface area contributed by atoms with Gasteiger partial charge in [0.25, 0.3) is 0 Å². The molecule has 0 atom stereocenters. The Hall–Kier alpha value is 0.394. The van der Waals surface area contributed by atoms with Crippen molar-refractivity contribution in [2.24, 2.45) is 0 Å². The summed E-state index contributed by atoms with van der Waals surface area (Å²) in [6, 6.07) is 11.4. The van der Waals surface area contributed by atoms with Gasteiger partial charge < -0.3 is 4.74 Å². The second-order valence-electron chi connectivity index (χ2n) is 6.23. The maximum absolute atomic E-state index is 6.03. The zero-order valence-electron chi connectivity index (χ0n) is 14.5. The predicted octanol–water partition coefficient (Wildman–Crippen LogP) is 6.02. The van der Waals surface area contributed by atoms with Gasteiger partial charge in [-0.2, -0.15) is 0 Å². The highest BCUT2D eigenvalue weighted by molar-refractivity contribution is 6.80. The molecule has 0 saturated carbocycles. The summed E-state index contributed by atoms with van der Waals surface area (Å²) in [7, 11) is -1.90. The third-order valence-electron chi connectivity index (χ3n) is 6.05. The quantitative estimate of drug-likeness (QED) is 0.316. The zero-order valence-corrected chi connectivity index (χ0v) is 16.5. The maximum atomic E-state index is 6.03. The van der Waals surface area contributed by atoms with Gasteiger partial charge in [0.05, 0.1) is 16.1 Å². The number of hydrogen-bond donors (Lipinski definition) is 0. The van der Waals surface area contributed by atoms with E-state index in [1.807, 2.05) is 0 Å². The summed E-state index contributed by atoms with van der Waals surface area (Å²) < 4.78 is 6.03. The topological polar surface area (TPSA) is 9.23 Å². The van der Waals surface area contributed by atoms with E-state index in [9.17, 15) is 0 Å². The van der Waals surface area contributed by atoms with Gasteiger partial charge >= 0.3 is 0 Å². The third kappa shape index (κ3) is 6.13. The Morgan fingerprint density at radius 3 is 1.00 bits per heavy atom. The van der Waals surface area contributed by atoms with Crippen molar-refractivity contribution in [2.75, 3.05) is 13.2 Å². The van der Waals surface area contributed by atoms with E-state index in [2.05, 4.69) is 41.5 Å². The number of ether oxygens (including phenoxy) is 1. The third-order valence-corrected chi connectivity index (χ3v) is 17.6. The molecule has 0 fully saturated rings. The van der Waals surface area contributed by atoms with Crippen LogP contribution in [-0.4, -0.2) is 29.4 Å². The average molecular weight is 303 g/mol. The molecule has 19 heavy (non-hydrogen) atoms. The van der Waals surface area contributed by atoms with Gasteiger partial charge in [-0.05, 0) is 12.1 Å². The molecule has 0 bridgehead atoms. The van der Waals surface area contributed by atoms with Crippen LogP contribution in [0.5, 0.6) is 0 Å². The zero-order chi connectivity index (χ0) is 14.8. The van der Waals surface area contributed by atoms with E-state index in [1.165, 1.54) is 48.4 Å². The lowest BCUT2D eigenvalue weighted by Crippen LogP contribution is -2.34. The first-order valence-corrected chi connectivity index (χ1v) is 14.3. The van der Waals surface area contributed by atoms with Crippen LogP contribution in [0.1, 0.15) is 41.5 Å². The molecular formula is C16H38OSi2. The molecule has 3 heteroatoms. The lowest BCUT2D eigenvalue weighted by molar-refractivity contribution is 0.159. The molecule has 0 aliphatic carbocycles. The van der Waals surface area contributed by atoms with Gasteiger partial charge in [0.2, 0.25) is 0 Å². The van der Waals surface area contributed by atoms with Gasteiger partial charge in [0.1, 0.15) is 0 Å². The molecule has 0 amide bonds. The minimum atomic E-state index is -0.952. The first-order valence-electron chi connectivity index (χ1n) is 8.65. The lowest BCUT2D eigenvalue weighted by Gasteiger charge is -2.29. The van der Waals surface area contributed by atoms with E-state index < -0.39 is 16.1 Å². The second kappa shape index (κ2) is 10.2. The monoisotopic (exact) mass is 302 g/mol. The highest BCUT2D eigenvalue weighted by Crippen LogP contribution is 2.26. The van der Waals surface area contributed by atoms with Gasteiger partial charge in [-0.25, -0.2) is 0 Å². The fraction of sp³-hybridized carbons (Fsp3) is 1.00. The molecule has 0 N–H and O–H groups in total. The lowest BCUT2D eigenvalue weighted by atomic mass is 10.8. The van der Waals surface area contributed by atoms with Gasteiger partial charge in [-0.15, -0.1) is 0 Å². The maximum Gasteiger partial charge on any atom is 0.0550 e. The smallest absolute Gasteiger partial charge is 0.0550 e. The fourth-order valence-corrected chi connectivity index (χ4v) is 9.52. The van der Waals surface area contributed by atoms with Crippen LogP contribution < -0.4 is 0 Å². The van der Waals surface area contributed by atoms with Crippen molar-refractivity contribution in [3.63, 3.8) is 0 Å². The molecule has 116 valence electrons. The minimum Gasteiger partial charge on any atom is -0.382 e. The van der Waals surface area contributed by atoms with Crippen molar-refractivity contribution in [1.82, 2.24) is 0 Å². The molecule has 0 aliphatic rings. The minimum absolute atomic E-state index is 0.952. The molecule has 0 saturated heterocycles. The van der Waals surface area contributed by atoms with Crippen molar-refractivity contribution in [3.05, 3.63) is 0 Å². The van der Waals surface area contributed by atoms with Gasteiger partial charge in [-0.1, -0.05) is 77.8 Å². The molecule has 1 nitrogen and oxygen atoms in total. The van der Waals surface area contributed by atoms with Crippen LogP contribution in [0.15, 0.2) is 0 Å². The SMILES string of the molecule is CC[Si](CC)(CC)CCOCC[Si](CC)(CC)CC. The van der Waals surface area contributed by atoms with E-state index in [0.717, 1.165) is 13.2 Å². The van der Waals surface area contributed by atoms with Crippen LogP contribution in [-0.2, 0) is 4.74 Å². The molecule has 0 radical (unpaired) electrons. The van der Waals surface area contributed by atoms with E-state index in [-0.39, 0.29) is 0 Å². The van der Waals surface area contributed by atoms with Crippen molar-refractivity contribution in [3.8, 4) is 0 Å². The predicted molar refractivity (Wildman–Crippen MR) is 94.8 cm³/mol. The van der Waals surface area contributed by atoms with E-state index in [4.69, 9.17) is 4.74 Å². The first-order chi connectivity index (χ1) is 9.07. The molecule has 0 aromatic carbocycles. The Bertz CT molecular complexity index is 172. The van der Waals surface area contributed by atoms with Crippen molar-refractivity contribution >= 4 is 16.1 Å². The molecular weight excluding hydrogens is 264 g/mol. The van der Waals surface area contributed by atoms with Crippen molar-refractivity contribution < 1.29 is 4.74 Å². The second-order valence-corrected chi connectivity index (χ2v) is 17.5. The Kier molecular flexibility index (Phi) is 10.4. The van der Waals surface area contributed by atoms with Crippen LogP contribution in [0, 0.1) is 0 Å². The Morgan fingerprint density at radius 2 is 0.789 bits per heavy atom. The summed E-state index contributed by atoms with van der Waals surface area (Å²) in [5.74, 6) is 0. The summed E-state index contributed by atoms with van der Waals surface area (Å²) in [4.78, 5) is 0. The number of rotatable bonds is 12. The Morgan fingerprint density at radius 1 is 0.526 bits per heavy atom. The van der Waals surface area contributed by atoms with E-state index in [0.29, 0.717) is 0 Å². The first kappa shape index (κ1) is 19.4. The highest BCUT2D eigenvalue weighted by atomic mass is 28.3. The van der Waals surface area contributed by atoms with E-state index >= 15 is 0 Å². The molecule has 0 unspecified atom stereocenters. The summed E-state index contributed by atoms with van der Waals surface area (Å²) in [6.07, 6.45) is 0. The molecule has 0 heterocycles. The highest BCUT2D eigenvalue weighted by Gasteiger charge is 2.27. The molecule has 0 spiro atoms. The Balaban J connectivity index is 3.98. The van der Waals surface area contributed by atoms with Gasteiger partial charge in [0, 0.05) is 13.2 Å². The van der Waals surface area contributed by atoms with Crippen LogP contribution in [0.4, 0.5) is 0 Å². The van der Waals surface area contributed by atoms with Crippen LogP contribution >= 0.6 is 0 Å².